The Morgan fingerprint density at radius 2 is 0.860 bits per heavy atom. The fraction of sp³-hybridized carbons (Fsp3) is 0.724. The van der Waals surface area contributed by atoms with E-state index in [9.17, 15) is 9.59 Å². The summed E-state index contributed by atoms with van der Waals surface area (Å²) >= 11 is 0. The molecular weight excluding hydrogens is 570 g/mol. The van der Waals surface area contributed by atoms with Gasteiger partial charge >= 0.3 is 12.1 Å². The molecule has 0 unspecified atom stereocenters. The van der Waals surface area contributed by atoms with Crippen molar-refractivity contribution in [3.05, 3.63) is 35.9 Å². The number of amides is 1. The van der Waals surface area contributed by atoms with Crippen LogP contribution < -0.4 is 5.32 Å². The van der Waals surface area contributed by atoms with Gasteiger partial charge in [-0.05, 0) is 5.56 Å². The lowest BCUT2D eigenvalue weighted by Crippen LogP contribution is -2.28. The van der Waals surface area contributed by atoms with Crippen LogP contribution in [0.2, 0.25) is 0 Å². The van der Waals surface area contributed by atoms with Crippen LogP contribution in [0.15, 0.2) is 30.3 Å². The summed E-state index contributed by atoms with van der Waals surface area (Å²) in [5.74, 6) is -0.877. The Bertz CT molecular complexity index is 757. The van der Waals surface area contributed by atoms with Crippen LogP contribution in [0.5, 0.6) is 0 Å². The number of carboxylic acid groups (broad SMARTS) is 1. The summed E-state index contributed by atoms with van der Waals surface area (Å²) < 4.78 is 53.5. The van der Waals surface area contributed by atoms with Crippen molar-refractivity contribution in [2.45, 2.75) is 13.0 Å². The van der Waals surface area contributed by atoms with E-state index in [-0.39, 0.29) is 19.6 Å². The maximum atomic E-state index is 11.6. The lowest BCUT2D eigenvalue weighted by Gasteiger charge is -2.09. The Hall–Kier alpha value is -2.40. The van der Waals surface area contributed by atoms with Gasteiger partial charge in [-0.1, -0.05) is 30.3 Å². The van der Waals surface area contributed by atoms with Crippen molar-refractivity contribution < 1.29 is 62.1 Å². The standard InChI is InChI=1S/C29H49NO13/c31-28(32)6-8-34-10-12-36-14-16-38-18-20-40-22-24-42-25-23-41-21-19-39-17-15-37-13-11-35-9-7-30-29(33)43-26-27-4-2-1-3-5-27/h1-5H,6-26H2,(H,30,33)(H,31,32). The third-order valence-electron chi connectivity index (χ3n) is 5.16. The number of aliphatic carboxylic acids is 1. The number of carbonyl (C=O) groups excluding carboxylic acids is 1. The molecule has 0 saturated heterocycles. The minimum atomic E-state index is -0.877. The Morgan fingerprint density at radius 3 is 1.23 bits per heavy atom. The highest BCUT2D eigenvalue weighted by molar-refractivity contribution is 5.67. The zero-order chi connectivity index (χ0) is 30.9. The number of benzene rings is 1. The van der Waals surface area contributed by atoms with E-state index >= 15 is 0 Å². The first kappa shape index (κ1) is 38.6. The third-order valence-corrected chi connectivity index (χ3v) is 5.16. The van der Waals surface area contributed by atoms with Crippen molar-refractivity contribution in [3.63, 3.8) is 0 Å². The molecule has 0 radical (unpaired) electrons. The second-order valence-electron chi connectivity index (χ2n) is 8.64. The minimum absolute atomic E-state index is 0.00565. The summed E-state index contributed by atoms with van der Waals surface area (Å²) in [7, 11) is 0. The van der Waals surface area contributed by atoms with E-state index in [1.807, 2.05) is 30.3 Å². The molecule has 0 aliphatic heterocycles. The van der Waals surface area contributed by atoms with Gasteiger partial charge in [-0.15, -0.1) is 0 Å². The molecule has 14 nitrogen and oxygen atoms in total. The monoisotopic (exact) mass is 619 g/mol. The molecule has 1 aromatic carbocycles. The predicted octanol–water partition coefficient (Wildman–Crippen LogP) is 1.54. The summed E-state index contributed by atoms with van der Waals surface area (Å²) in [5.41, 5.74) is 0.933. The van der Waals surface area contributed by atoms with Gasteiger partial charge in [0.15, 0.2) is 0 Å². The molecule has 0 atom stereocenters. The average Bonchev–Trinajstić information content (AvgIpc) is 3.01. The maximum Gasteiger partial charge on any atom is 0.407 e. The smallest absolute Gasteiger partial charge is 0.407 e. The molecule has 1 aromatic rings. The van der Waals surface area contributed by atoms with Gasteiger partial charge in [-0.25, -0.2) is 4.79 Å². The molecule has 248 valence electrons. The fourth-order valence-electron chi connectivity index (χ4n) is 3.02. The number of alkyl carbamates (subject to hydrolysis) is 1. The number of rotatable bonds is 32. The Balaban J connectivity index is 1.65. The second-order valence-corrected chi connectivity index (χ2v) is 8.64. The number of ether oxygens (including phenoxy) is 10. The average molecular weight is 620 g/mol. The molecule has 0 bridgehead atoms. The van der Waals surface area contributed by atoms with Crippen LogP contribution in [0.3, 0.4) is 0 Å². The molecule has 0 heterocycles. The van der Waals surface area contributed by atoms with Gasteiger partial charge in [0.2, 0.25) is 0 Å². The van der Waals surface area contributed by atoms with Crippen molar-refractivity contribution in [2.24, 2.45) is 0 Å². The topological polar surface area (TPSA) is 159 Å². The van der Waals surface area contributed by atoms with Gasteiger partial charge in [0.1, 0.15) is 6.61 Å². The zero-order valence-electron chi connectivity index (χ0n) is 25.1. The summed E-state index contributed by atoms with van der Waals surface area (Å²) in [4.78, 5) is 21.9. The number of hydrogen-bond donors (Lipinski definition) is 2. The van der Waals surface area contributed by atoms with Crippen LogP contribution in [-0.4, -0.2) is 143 Å². The Morgan fingerprint density at radius 1 is 0.512 bits per heavy atom. The molecule has 0 saturated carbocycles. The van der Waals surface area contributed by atoms with Crippen molar-refractivity contribution in [1.29, 1.82) is 0 Å². The lowest BCUT2D eigenvalue weighted by atomic mass is 10.2. The van der Waals surface area contributed by atoms with Crippen molar-refractivity contribution in [2.75, 3.05) is 125 Å². The van der Waals surface area contributed by atoms with Crippen LogP contribution in [0, 0.1) is 0 Å². The Labute approximate surface area is 254 Å². The molecule has 0 aromatic heterocycles. The highest BCUT2D eigenvalue weighted by Gasteiger charge is 2.02. The number of nitrogens with one attached hydrogen (secondary N) is 1. The van der Waals surface area contributed by atoms with Gasteiger partial charge in [0, 0.05) is 6.54 Å². The molecule has 0 spiro atoms. The van der Waals surface area contributed by atoms with Crippen molar-refractivity contribution in [3.8, 4) is 0 Å². The maximum absolute atomic E-state index is 11.6. The van der Waals surface area contributed by atoms with E-state index in [0.29, 0.717) is 119 Å². The Kier molecular flexibility index (Phi) is 27.9. The summed E-state index contributed by atoms with van der Waals surface area (Å²) in [5, 5.41) is 11.1. The highest BCUT2D eigenvalue weighted by Crippen LogP contribution is 2.00. The van der Waals surface area contributed by atoms with E-state index in [2.05, 4.69) is 5.32 Å². The third kappa shape index (κ3) is 29.5. The zero-order valence-corrected chi connectivity index (χ0v) is 25.1. The van der Waals surface area contributed by atoms with E-state index in [0.717, 1.165) is 5.56 Å². The molecule has 14 heteroatoms. The molecule has 43 heavy (non-hydrogen) atoms. The van der Waals surface area contributed by atoms with Crippen LogP contribution in [0.1, 0.15) is 12.0 Å². The van der Waals surface area contributed by atoms with Crippen LogP contribution in [-0.2, 0) is 58.8 Å². The van der Waals surface area contributed by atoms with Gasteiger partial charge < -0.3 is 57.8 Å². The van der Waals surface area contributed by atoms with Gasteiger partial charge in [0.05, 0.1) is 125 Å². The van der Waals surface area contributed by atoms with Gasteiger partial charge in [-0.2, -0.15) is 0 Å². The van der Waals surface area contributed by atoms with Gasteiger partial charge in [-0.3, -0.25) is 4.79 Å². The molecular formula is C29H49NO13. The van der Waals surface area contributed by atoms with Crippen LogP contribution in [0.25, 0.3) is 0 Å². The van der Waals surface area contributed by atoms with Crippen LogP contribution >= 0.6 is 0 Å². The van der Waals surface area contributed by atoms with E-state index in [1.54, 1.807) is 0 Å². The number of carbonyl (C=O) groups is 2. The summed E-state index contributed by atoms with van der Waals surface area (Å²) in [6, 6.07) is 9.48. The predicted molar refractivity (Wildman–Crippen MR) is 154 cm³/mol. The number of hydrogen-bond acceptors (Lipinski definition) is 12. The molecule has 0 fully saturated rings. The fourth-order valence-corrected chi connectivity index (χ4v) is 3.02. The first-order chi connectivity index (χ1) is 21.2. The molecule has 0 aliphatic carbocycles. The van der Waals surface area contributed by atoms with Crippen molar-refractivity contribution in [1.82, 2.24) is 5.32 Å². The SMILES string of the molecule is O=C(O)CCOCCOCCOCCOCCOCCOCCOCCOCCOCCNC(=O)OCc1ccccc1. The van der Waals surface area contributed by atoms with Crippen LogP contribution in [0.4, 0.5) is 4.79 Å². The molecule has 2 N–H and O–H groups in total. The second kappa shape index (κ2) is 31.0. The van der Waals surface area contributed by atoms with Crippen molar-refractivity contribution >= 4 is 12.1 Å². The number of carboxylic acids is 1. The molecule has 1 amide bonds. The molecule has 1 rings (SSSR count). The first-order valence-corrected chi connectivity index (χ1v) is 14.5. The normalized spacial score (nSPS) is 11.1. The minimum Gasteiger partial charge on any atom is -0.481 e. The highest BCUT2D eigenvalue weighted by atomic mass is 16.6. The van der Waals surface area contributed by atoms with E-state index in [4.69, 9.17) is 52.5 Å². The van der Waals surface area contributed by atoms with E-state index in [1.165, 1.54) is 0 Å². The van der Waals surface area contributed by atoms with E-state index < -0.39 is 12.1 Å². The first-order valence-electron chi connectivity index (χ1n) is 14.5. The summed E-state index contributed by atoms with van der Waals surface area (Å²) in [6.07, 6.45) is -0.480. The lowest BCUT2D eigenvalue weighted by molar-refractivity contribution is -0.138. The quantitative estimate of drug-likeness (QED) is 0.112. The summed E-state index contributed by atoms with van der Waals surface area (Å²) in [6.45, 7) is 8.40. The largest absolute Gasteiger partial charge is 0.481 e. The van der Waals surface area contributed by atoms with Gasteiger partial charge in [0.25, 0.3) is 0 Å². The molecule has 0 aliphatic rings.